The Kier molecular flexibility index (Phi) is 6.11. The first kappa shape index (κ1) is 20.7. The van der Waals surface area contributed by atoms with Gasteiger partial charge in [-0.3, -0.25) is 0 Å². The molecule has 0 radical (unpaired) electrons. The molecule has 0 saturated heterocycles. The van der Waals surface area contributed by atoms with Crippen LogP contribution in [-0.2, 0) is 25.8 Å². The topological polar surface area (TPSA) is 0 Å². The molecular formula is C18H26Cl2HfSi. The van der Waals surface area contributed by atoms with Gasteiger partial charge in [0.2, 0.25) is 0 Å². The van der Waals surface area contributed by atoms with Crippen LogP contribution >= 0.6 is 23.2 Å². The quantitative estimate of drug-likeness (QED) is 0.404. The fourth-order valence-corrected chi connectivity index (χ4v) is 7.19. The van der Waals surface area contributed by atoms with Crippen LogP contribution in [0.1, 0.15) is 55.4 Å². The average molecular weight is 520 g/mol. The van der Waals surface area contributed by atoms with E-state index < -0.39 is 9.52 Å². The summed E-state index contributed by atoms with van der Waals surface area (Å²) in [6.45, 7) is 17.8. The van der Waals surface area contributed by atoms with Crippen LogP contribution in [-0.4, -0.2) is 9.52 Å². The monoisotopic (exact) mass is 520 g/mol. The minimum Gasteiger partial charge on any atom is -0.0879 e. The van der Waals surface area contributed by atoms with Crippen LogP contribution in [0.25, 0.3) is 0 Å². The summed E-state index contributed by atoms with van der Waals surface area (Å²) in [4.78, 5) is 0. The van der Waals surface area contributed by atoms with E-state index in [1.165, 1.54) is 22.3 Å². The van der Waals surface area contributed by atoms with Crippen molar-refractivity contribution in [3.8, 4) is 0 Å². The molecule has 0 aromatic carbocycles. The SMILES string of the molecule is CC1=C(Cl)C(C)(C)C([SiH2]C2=C(C)C(C)=C(Cl)C2(C)C)=C1C.[Hf]. The molecule has 2 aliphatic carbocycles. The van der Waals surface area contributed by atoms with Crippen molar-refractivity contribution in [2.24, 2.45) is 10.8 Å². The Morgan fingerprint density at radius 1 is 0.636 bits per heavy atom. The van der Waals surface area contributed by atoms with Gasteiger partial charge < -0.3 is 0 Å². The maximum Gasteiger partial charge on any atom is 0.0804 e. The van der Waals surface area contributed by atoms with Crippen LogP contribution in [0.5, 0.6) is 0 Å². The van der Waals surface area contributed by atoms with Crippen molar-refractivity contribution in [1.29, 1.82) is 0 Å². The third-order valence-corrected chi connectivity index (χ3v) is 10.7. The summed E-state index contributed by atoms with van der Waals surface area (Å²) in [5.74, 6) is 0. The summed E-state index contributed by atoms with van der Waals surface area (Å²) in [5, 5.41) is 5.19. The van der Waals surface area contributed by atoms with Crippen LogP contribution in [0.3, 0.4) is 0 Å². The molecule has 22 heavy (non-hydrogen) atoms. The van der Waals surface area contributed by atoms with Gasteiger partial charge in [0, 0.05) is 46.7 Å². The number of hydrogen-bond acceptors (Lipinski definition) is 0. The molecule has 0 aliphatic heterocycles. The molecule has 4 heteroatoms. The van der Waals surface area contributed by atoms with Gasteiger partial charge in [-0.25, -0.2) is 0 Å². The van der Waals surface area contributed by atoms with Crippen molar-refractivity contribution in [2.75, 3.05) is 0 Å². The van der Waals surface area contributed by atoms with E-state index in [2.05, 4.69) is 55.4 Å². The van der Waals surface area contributed by atoms with Gasteiger partial charge in [-0.2, -0.15) is 0 Å². The summed E-state index contributed by atoms with van der Waals surface area (Å²) in [5.41, 5.74) is 5.35. The molecule has 0 unspecified atom stereocenters. The molecule has 120 valence electrons. The van der Waals surface area contributed by atoms with E-state index in [-0.39, 0.29) is 36.7 Å². The number of halogens is 2. The first-order chi connectivity index (χ1) is 9.44. The first-order valence-corrected chi connectivity index (χ1v) is 9.76. The van der Waals surface area contributed by atoms with Gasteiger partial charge in [-0.05, 0) is 38.8 Å². The second-order valence-corrected chi connectivity index (χ2v) is 10.0. The fourth-order valence-electron chi connectivity index (χ4n) is 3.81. The first-order valence-electron chi connectivity index (χ1n) is 7.59. The maximum atomic E-state index is 6.60. The van der Waals surface area contributed by atoms with Crippen molar-refractivity contribution in [1.82, 2.24) is 0 Å². The van der Waals surface area contributed by atoms with E-state index in [4.69, 9.17) is 23.2 Å². The number of rotatable bonds is 2. The van der Waals surface area contributed by atoms with Crippen molar-refractivity contribution in [3.63, 3.8) is 0 Å². The van der Waals surface area contributed by atoms with E-state index in [1.807, 2.05) is 0 Å². The summed E-state index contributed by atoms with van der Waals surface area (Å²) in [7, 11) is -0.559. The molecule has 0 nitrogen and oxygen atoms in total. The van der Waals surface area contributed by atoms with Crippen LogP contribution in [0.4, 0.5) is 0 Å². The van der Waals surface area contributed by atoms with Gasteiger partial charge in [0.25, 0.3) is 0 Å². The zero-order valence-electron chi connectivity index (χ0n) is 15.0. The molecule has 0 saturated carbocycles. The van der Waals surface area contributed by atoms with Crippen molar-refractivity contribution >= 4 is 32.7 Å². The van der Waals surface area contributed by atoms with Gasteiger partial charge >= 0.3 is 0 Å². The summed E-state index contributed by atoms with van der Waals surface area (Å²) >= 11 is 13.2. The molecule has 0 aromatic rings. The standard InChI is InChI=1S/C18H26Cl2Si.Hf/c1-9-11(3)15(17(5,6)13(9)19)21-16-12(4)10(2)14(20)18(16,7)8;/h21H2,1-8H3;. The average Bonchev–Trinajstić information content (AvgIpc) is 2.63. The minimum atomic E-state index is -0.559. The molecule has 0 spiro atoms. The number of hydrogen-bond donors (Lipinski definition) is 0. The Balaban J connectivity index is 0.00000242. The second kappa shape index (κ2) is 6.50. The van der Waals surface area contributed by atoms with Gasteiger partial charge in [-0.1, -0.05) is 72.4 Å². The van der Waals surface area contributed by atoms with E-state index in [1.54, 1.807) is 10.4 Å². The van der Waals surface area contributed by atoms with E-state index in [0.717, 1.165) is 10.1 Å². The Hall–Kier alpha value is 0.627. The summed E-state index contributed by atoms with van der Waals surface area (Å²) in [6, 6.07) is 0. The summed E-state index contributed by atoms with van der Waals surface area (Å²) < 4.78 is 0. The van der Waals surface area contributed by atoms with Crippen molar-refractivity contribution in [2.45, 2.75) is 55.4 Å². The van der Waals surface area contributed by atoms with Gasteiger partial charge in [0.05, 0.1) is 9.52 Å². The molecule has 0 bridgehead atoms. The molecule has 0 amide bonds. The zero-order valence-corrected chi connectivity index (χ0v) is 21.5. The van der Waals surface area contributed by atoms with E-state index in [9.17, 15) is 0 Å². The molecule has 2 aliphatic rings. The summed E-state index contributed by atoms with van der Waals surface area (Å²) in [6.07, 6.45) is 0. The fraction of sp³-hybridized carbons (Fsp3) is 0.556. The zero-order chi connectivity index (χ0) is 16.3. The molecular weight excluding hydrogens is 494 g/mol. The smallest absolute Gasteiger partial charge is 0.0804 e. The normalized spacial score (nSPS) is 23.7. The molecule has 0 atom stereocenters. The maximum absolute atomic E-state index is 6.60. The van der Waals surface area contributed by atoms with Crippen LogP contribution < -0.4 is 0 Å². The molecule has 0 heterocycles. The van der Waals surface area contributed by atoms with Crippen LogP contribution in [0, 0.1) is 10.8 Å². The number of allylic oxidation sites excluding steroid dienone is 8. The molecule has 0 aromatic heterocycles. The Bertz CT molecular complexity index is 590. The predicted molar refractivity (Wildman–Crippen MR) is 98.6 cm³/mol. The third kappa shape index (κ3) is 2.87. The Morgan fingerprint density at radius 3 is 1.09 bits per heavy atom. The van der Waals surface area contributed by atoms with Crippen LogP contribution in [0.2, 0.25) is 0 Å². The minimum absolute atomic E-state index is 0. The van der Waals surface area contributed by atoms with Gasteiger partial charge in [0.15, 0.2) is 0 Å². The van der Waals surface area contributed by atoms with Crippen molar-refractivity contribution in [3.05, 3.63) is 42.7 Å². The molecule has 0 N–H and O–H groups in total. The van der Waals surface area contributed by atoms with Gasteiger partial charge in [0.1, 0.15) is 0 Å². The van der Waals surface area contributed by atoms with Gasteiger partial charge in [-0.15, -0.1) is 0 Å². The molecule has 2 rings (SSSR count). The second-order valence-electron chi connectivity index (χ2n) is 7.51. The Morgan fingerprint density at radius 2 is 0.909 bits per heavy atom. The predicted octanol–water partition coefficient (Wildman–Crippen LogP) is 5.81. The Labute approximate surface area is 166 Å². The van der Waals surface area contributed by atoms with Crippen LogP contribution in [0.15, 0.2) is 42.7 Å². The third-order valence-electron chi connectivity index (χ3n) is 5.65. The van der Waals surface area contributed by atoms with E-state index in [0.29, 0.717) is 0 Å². The van der Waals surface area contributed by atoms with Crippen molar-refractivity contribution < 1.29 is 25.8 Å². The molecule has 0 fully saturated rings. The largest absolute Gasteiger partial charge is 0.0879 e. The van der Waals surface area contributed by atoms with E-state index >= 15 is 0 Å².